The smallest absolute Gasteiger partial charge is 0.335 e. The van der Waals surface area contributed by atoms with E-state index in [1.807, 2.05) is 0 Å². The molecule has 0 saturated heterocycles. The summed E-state index contributed by atoms with van der Waals surface area (Å²) in [6, 6.07) is 4.86. The van der Waals surface area contributed by atoms with Crippen LogP contribution in [0.5, 0.6) is 5.75 Å². The number of nitrogens with zero attached hydrogens (tertiary/aromatic N) is 1. The van der Waals surface area contributed by atoms with E-state index in [9.17, 15) is 13.2 Å². The molecule has 2 N–H and O–H groups in total. The van der Waals surface area contributed by atoms with Gasteiger partial charge in [0, 0.05) is 6.07 Å². The van der Waals surface area contributed by atoms with Gasteiger partial charge in [0.15, 0.2) is 0 Å². The Labute approximate surface area is 120 Å². The van der Waals surface area contributed by atoms with E-state index in [4.69, 9.17) is 14.4 Å². The summed E-state index contributed by atoms with van der Waals surface area (Å²) in [5.74, 6) is -1.31. The summed E-state index contributed by atoms with van der Waals surface area (Å²) in [6.45, 7) is 1.64. The van der Waals surface area contributed by atoms with Gasteiger partial charge in [0.2, 0.25) is 5.88 Å². The molecular weight excluding hydrogens is 300 g/mol. The molecule has 21 heavy (non-hydrogen) atoms. The number of carboxylic acids is 1. The van der Waals surface area contributed by atoms with E-state index < -0.39 is 16.0 Å². The van der Waals surface area contributed by atoms with Gasteiger partial charge in [-0.3, -0.25) is 0 Å². The highest BCUT2D eigenvalue weighted by Gasteiger charge is 2.22. The van der Waals surface area contributed by atoms with Gasteiger partial charge in [0.25, 0.3) is 10.0 Å². The molecular formula is C12H12N2O6S. The lowest BCUT2D eigenvalue weighted by molar-refractivity contribution is 0.0696. The Bertz CT molecular complexity index is 781. The quantitative estimate of drug-likeness (QED) is 0.858. The van der Waals surface area contributed by atoms with Crippen LogP contribution in [0.4, 0.5) is 5.88 Å². The average molecular weight is 312 g/mol. The SMILES string of the molecule is COc1cc(C(=O)O)ccc1S(=O)(=O)Nc1cc(C)no1. The van der Waals surface area contributed by atoms with Gasteiger partial charge in [-0.2, -0.15) is 0 Å². The predicted octanol–water partition coefficient (Wildman–Crippen LogP) is 1.49. The van der Waals surface area contributed by atoms with Crippen LogP contribution in [0.25, 0.3) is 0 Å². The molecule has 1 aromatic heterocycles. The molecule has 0 spiro atoms. The molecule has 0 unspecified atom stereocenters. The van der Waals surface area contributed by atoms with Crippen LogP contribution in [-0.2, 0) is 10.0 Å². The van der Waals surface area contributed by atoms with Gasteiger partial charge in [-0.25, -0.2) is 17.9 Å². The molecule has 0 aliphatic carbocycles. The molecule has 0 fully saturated rings. The highest BCUT2D eigenvalue weighted by molar-refractivity contribution is 7.92. The van der Waals surface area contributed by atoms with E-state index in [1.54, 1.807) is 6.92 Å². The fraction of sp³-hybridized carbons (Fsp3) is 0.167. The Balaban J connectivity index is 2.42. The van der Waals surface area contributed by atoms with Crippen LogP contribution >= 0.6 is 0 Å². The molecule has 2 aromatic rings. The largest absolute Gasteiger partial charge is 0.495 e. The number of sulfonamides is 1. The first kappa shape index (κ1) is 14.9. The van der Waals surface area contributed by atoms with Crippen molar-refractivity contribution in [3.8, 4) is 5.75 Å². The number of nitrogens with one attached hydrogen (secondary N) is 1. The van der Waals surface area contributed by atoms with E-state index >= 15 is 0 Å². The van der Waals surface area contributed by atoms with Crippen molar-refractivity contribution in [1.29, 1.82) is 0 Å². The van der Waals surface area contributed by atoms with Gasteiger partial charge in [-0.15, -0.1) is 0 Å². The summed E-state index contributed by atoms with van der Waals surface area (Å²) in [5.41, 5.74) is 0.433. The normalized spacial score (nSPS) is 11.1. The van der Waals surface area contributed by atoms with Gasteiger partial charge in [0.1, 0.15) is 10.6 Å². The summed E-state index contributed by atoms with van der Waals surface area (Å²) in [7, 11) is -2.74. The first-order chi connectivity index (χ1) is 9.83. The van der Waals surface area contributed by atoms with E-state index in [0.29, 0.717) is 5.69 Å². The number of carbonyl (C=O) groups is 1. The minimum Gasteiger partial charge on any atom is -0.495 e. The number of methoxy groups -OCH3 is 1. The fourth-order valence-corrected chi connectivity index (χ4v) is 2.75. The maximum absolute atomic E-state index is 12.2. The number of rotatable bonds is 5. The number of aromatic carboxylic acids is 1. The van der Waals surface area contributed by atoms with Crippen molar-refractivity contribution in [2.75, 3.05) is 11.8 Å². The Kier molecular flexibility index (Phi) is 3.85. The van der Waals surface area contributed by atoms with E-state index in [-0.39, 0.29) is 22.1 Å². The molecule has 2 rings (SSSR count). The summed E-state index contributed by atoms with van der Waals surface area (Å²) in [6.07, 6.45) is 0. The summed E-state index contributed by atoms with van der Waals surface area (Å²) < 4.78 is 36.4. The monoisotopic (exact) mass is 312 g/mol. The topological polar surface area (TPSA) is 119 Å². The molecule has 8 nitrogen and oxygen atoms in total. The molecule has 0 aliphatic heterocycles. The van der Waals surface area contributed by atoms with Crippen molar-refractivity contribution in [3.05, 3.63) is 35.5 Å². The van der Waals surface area contributed by atoms with Crippen molar-refractivity contribution >= 4 is 21.9 Å². The van der Waals surface area contributed by atoms with Crippen LogP contribution in [0.2, 0.25) is 0 Å². The minimum atomic E-state index is -3.99. The number of carboxylic acid groups (broad SMARTS) is 1. The zero-order valence-electron chi connectivity index (χ0n) is 11.2. The number of benzene rings is 1. The zero-order chi connectivity index (χ0) is 15.6. The summed E-state index contributed by atoms with van der Waals surface area (Å²) in [5, 5.41) is 12.5. The lowest BCUT2D eigenvalue weighted by Gasteiger charge is -2.10. The fourth-order valence-electron chi connectivity index (χ4n) is 1.62. The van der Waals surface area contributed by atoms with Crippen molar-refractivity contribution in [2.24, 2.45) is 0 Å². The minimum absolute atomic E-state index is 0.0446. The highest BCUT2D eigenvalue weighted by Crippen LogP contribution is 2.27. The van der Waals surface area contributed by atoms with E-state index in [2.05, 4.69) is 9.88 Å². The van der Waals surface area contributed by atoms with Crippen LogP contribution in [0.3, 0.4) is 0 Å². The van der Waals surface area contributed by atoms with Gasteiger partial charge < -0.3 is 14.4 Å². The van der Waals surface area contributed by atoms with Crippen molar-refractivity contribution in [3.63, 3.8) is 0 Å². The molecule has 9 heteroatoms. The van der Waals surface area contributed by atoms with Crippen LogP contribution in [0.15, 0.2) is 33.7 Å². The summed E-state index contributed by atoms with van der Waals surface area (Å²) >= 11 is 0. The van der Waals surface area contributed by atoms with Crippen LogP contribution < -0.4 is 9.46 Å². The zero-order valence-corrected chi connectivity index (χ0v) is 12.0. The van der Waals surface area contributed by atoms with Gasteiger partial charge in [0.05, 0.1) is 18.4 Å². The standard InChI is InChI=1S/C12H12N2O6S/c1-7-5-11(20-13-7)14-21(17,18)10-4-3-8(12(15)16)6-9(10)19-2/h3-6,14H,1-2H3,(H,15,16). The van der Waals surface area contributed by atoms with Crippen LogP contribution in [0.1, 0.15) is 16.1 Å². The maximum atomic E-state index is 12.2. The lowest BCUT2D eigenvalue weighted by atomic mass is 10.2. The van der Waals surface area contributed by atoms with Crippen molar-refractivity contribution in [1.82, 2.24) is 5.16 Å². The number of ether oxygens (including phenoxy) is 1. The Morgan fingerprint density at radius 1 is 1.38 bits per heavy atom. The van der Waals surface area contributed by atoms with Gasteiger partial charge in [-0.05, 0) is 25.1 Å². The first-order valence-electron chi connectivity index (χ1n) is 5.71. The van der Waals surface area contributed by atoms with Gasteiger partial charge >= 0.3 is 5.97 Å². The average Bonchev–Trinajstić information content (AvgIpc) is 2.82. The third kappa shape index (κ3) is 3.14. The second-order valence-corrected chi connectivity index (χ2v) is 5.76. The molecule has 0 amide bonds. The van der Waals surface area contributed by atoms with Crippen molar-refractivity contribution < 1.29 is 27.6 Å². The van der Waals surface area contributed by atoms with Crippen molar-refractivity contribution in [2.45, 2.75) is 11.8 Å². The Hall–Kier alpha value is -2.55. The molecule has 0 atom stereocenters. The first-order valence-corrected chi connectivity index (χ1v) is 7.19. The number of aromatic nitrogens is 1. The number of hydrogen-bond donors (Lipinski definition) is 2. The van der Waals surface area contributed by atoms with Crippen LogP contribution in [-0.4, -0.2) is 31.8 Å². The molecule has 112 valence electrons. The van der Waals surface area contributed by atoms with E-state index in [1.165, 1.54) is 19.2 Å². The molecule has 1 aromatic carbocycles. The number of aryl methyl sites for hydroxylation is 1. The molecule has 0 aliphatic rings. The number of anilines is 1. The third-order valence-corrected chi connectivity index (χ3v) is 3.95. The maximum Gasteiger partial charge on any atom is 0.335 e. The molecule has 1 heterocycles. The van der Waals surface area contributed by atoms with Crippen LogP contribution in [0, 0.1) is 6.92 Å². The van der Waals surface area contributed by atoms with Gasteiger partial charge in [-0.1, -0.05) is 5.16 Å². The molecule has 0 bridgehead atoms. The third-order valence-electron chi connectivity index (χ3n) is 2.56. The predicted molar refractivity (Wildman–Crippen MR) is 72.0 cm³/mol. The summed E-state index contributed by atoms with van der Waals surface area (Å²) in [4.78, 5) is 10.7. The lowest BCUT2D eigenvalue weighted by Crippen LogP contribution is -2.14. The van der Waals surface area contributed by atoms with E-state index in [0.717, 1.165) is 12.1 Å². The second kappa shape index (κ2) is 5.44. The molecule has 0 saturated carbocycles. The Morgan fingerprint density at radius 2 is 2.10 bits per heavy atom. The Morgan fingerprint density at radius 3 is 2.62 bits per heavy atom. The highest BCUT2D eigenvalue weighted by atomic mass is 32.2. The number of hydrogen-bond acceptors (Lipinski definition) is 6. The second-order valence-electron chi connectivity index (χ2n) is 4.11. The molecule has 0 radical (unpaired) electrons.